The lowest BCUT2D eigenvalue weighted by atomic mass is 9.81. The van der Waals surface area contributed by atoms with Gasteiger partial charge in [-0.25, -0.2) is 18.0 Å². The number of methoxy groups -OCH3 is 1. The van der Waals surface area contributed by atoms with Crippen molar-refractivity contribution in [2.45, 2.75) is 50.8 Å². The Balaban J connectivity index is 1.74. The van der Waals surface area contributed by atoms with Crippen molar-refractivity contribution in [3.63, 3.8) is 0 Å². The molecule has 1 saturated carbocycles. The monoisotopic (exact) mass is 432 g/mol. The number of fused-ring (bicyclic) bond motifs is 1. The second-order valence-electron chi connectivity index (χ2n) is 8.07. The van der Waals surface area contributed by atoms with Crippen molar-refractivity contribution in [3.05, 3.63) is 47.0 Å². The van der Waals surface area contributed by atoms with Gasteiger partial charge in [0.2, 0.25) is 0 Å². The number of carbonyl (C=O) groups excluding carboxylic acids is 1. The van der Waals surface area contributed by atoms with Crippen molar-refractivity contribution in [2.24, 2.45) is 5.92 Å². The minimum absolute atomic E-state index is 0.0297. The predicted molar refractivity (Wildman–Crippen MR) is 108 cm³/mol. The van der Waals surface area contributed by atoms with Crippen molar-refractivity contribution in [3.8, 4) is 11.8 Å². The first-order valence-electron chi connectivity index (χ1n) is 10.0. The molecule has 2 heterocycles. The van der Waals surface area contributed by atoms with E-state index < -0.39 is 23.3 Å². The molecule has 0 radical (unpaired) electrons. The standard InChI is InChI=1S/C22H23F3N4O2/c1-13(31-3)18-7-9-29(28-18)12-15-10-19-16(11-17(15)23)22(21(2,24)25,27-20(30)26-19)8-6-14-4-5-14/h7,9-11,13-14H,4-5,12H2,1-3H3,(H2,26,27,30)/t13-,22+/m1/s1. The lowest BCUT2D eigenvalue weighted by Gasteiger charge is -2.40. The van der Waals surface area contributed by atoms with Crippen LogP contribution in [0.1, 0.15) is 49.6 Å². The largest absolute Gasteiger partial charge is 0.375 e. The van der Waals surface area contributed by atoms with Gasteiger partial charge in [0.25, 0.3) is 5.92 Å². The molecule has 1 aromatic heterocycles. The molecule has 1 aliphatic heterocycles. The zero-order valence-electron chi connectivity index (χ0n) is 17.4. The molecule has 0 spiro atoms. The van der Waals surface area contributed by atoms with Crippen molar-refractivity contribution in [1.82, 2.24) is 15.1 Å². The molecule has 2 atom stereocenters. The van der Waals surface area contributed by atoms with Crippen LogP contribution in [0.5, 0.6) is 0 Å². The van der Waals surface area contributed by atoms with Gasteiger partial charge in [-0.3, -0.25) is 4.68 Å². The number of aromatic nitrogens is 2. The number of amides is 2. The van der Waals surface area contributed by atoms with Crippen LogP contribution in [-0.4, -0.2) is 28.8 Å². The van der Waals surface area contributed by atoms with Crippen LogP contribution >= 0.6 is 0 Å². The SMILES string of the molecule is CO[C@H](C)c1ccn(Cc2cc3c(cc2F)[C@@](C#CC2CC2)(C(C)(F)F)NC(=O)N3)n1. The van der Waals surface area contributed by atoms with Gasteiger partial charge in [0.15, 0.2) is 5.54 Å². The third-order valence-corrected chi connectivity index (χ3v) is 5.60. The maximum Gasteiger partial charge on any atom is 0.320 e. The van der Waals surface area contributed by atoms with E-state index in [9.17, 15) is 13.6 Å². The number of nitrogens with one attached hydrogen (secondary N) is 2. The van der Waals surface area contributed by atoms with Crippen molar-refractivity contribution in [1.29, 1.82) is 0 Å². The molecule has 1 aromatic carbocycles. The van der Waals surface area contributed by atoms with Gasteiger partial charge < -0.3 is 15.4 Å². The Morgan fingerprint density at radius 2 is 2.16 bits per heavy atom. The molecular formula is C22H23F3N4O2. The Morgan fingerprint density at radius 1 is 1.42 bits per heavy atom. The highest BCUT2D eigenvalue weighted by Crippen LogP contribution is 2.44. The average molecular weight is 432 g/mol. The van der Waals surface area contributed by atoms with Crippen molar-refractivity contribution < 1.29 is 22.7 Å². The van der Waals surface area contributed by atoms with E-state index in [1.807, 2.05) is 6.92 Å². The first-order chi connectivity index (χ1) is 14.6. The van der Waals surface area contributed by atoms with E-state index in [0.29, 0.717) is 12.6 Å². The van der Waals surface area contributed by atoms with E-state index in [1.54, 1.807) is 19.4 Å². The minimum atomic E-state index is -3.44. The fourth-order valence-corrected chi connectivity index (χ4v) is 3.51. The Labute approximate surface area is 178 Å². The molecule has 31 heavy (non-hydrogen) atoms. The molecule has 164 valence electrons. The van der Waals surface area contributed by atoms with Gasteiger partial charge in [0.05, 0.1) is 18.3 Å². The number of rotatable bonds is 5. The van der Waals surface area contributed by atoms with Gasteiger partial charge in [-0.05, 0) is 38.0 Å². The molecule has 0 saturated heterocycles. The predicted octanol–water partition coefficient (Wildman–Crippen LogP) is 4.18. The quantitative estimate of drug-likeness (QED) is 0.697. The molecular weight excluding hydrogens is 409 g/mol. The second kappa shape index (κ2) is 7.61. The Bertz CT molecular complexity index is 1080. The molecule has 2 aromatic rings. The number of ether oxygens (including phenoxy) is 1. The number of benzene rings is 1. The molecule has 0 unspecified atom stereocenters. The third-order valence-electron chi connectivity index (χ3n) is 5.60. The van der Waals surface area contributed by atoms with Gasteiger partial charge in [0, 0.05) is 43.0 Å². The summed E-state index contributed by atoms with van der Waals surface area (Å²) < 4.78 is 51.3. The normalized spacial score (nSPS) is 21.4. The summed E-state index contributed by atoms with van der Waals surface area (Å²) in [7, 11) is 1.56. The van der Waals surface area contributed by atoms with Crippen LogP contribution in [0.15, 0.2) is 24.4 Å². The van der Waals surface area contributed by atoms with Crippen LogP contribution in [0.4, 0.5) is 23.7 Å². The number of alkyl halides is 2. The van der Waals surface area contributed by atoms with Gasteiger partial charge in [-0.15, -0.1) is 0 Å². The second-order valence-corrected chi connectivity index (χ2v) is 8.07. The van der Waals surface area contributed by atoms with Crippen LogP contribution < -0.4 is 10.6 Å². The Kier molecular flexibility index (Phi) is 5.21. The summed E-state index contributed by atoms with van der Waals surface area (Å²) in [6.07, 6.45) is 3.11. The number of halogens is 3. The Morgan fingerprint density at radius 3 is 2.81 bits per heavy atom. The van der Waals surface area contributed by atoms with Gasteiger partial charge >= 0.3 is 6.03 Å². The first-order valence-corrected chi connectivity index (χ1v) is 10.0. The number of nitrogens with zero attached hydrogens (tertiary/aromatic N) is 2. The zero-order chi connectivity index (χ0) is 22.4. The first kappa shape index (κ1) is 21.2. The van der Waals surface area contributed by atoms with E-state index in [4.69, 9.17) is 4.74 Å². The number of hydrogen-bond acceptors (Lipinski definition) is 3. The highest BCUT2D eigenvalue weighted by molar-refractivity contribution is 5.95. The molecule has 1 aliphatic carbocycles. The van der Waals surface area contributed by atoms with Crippen molar-refractivity contribution in [2.75, 3.05) is 12.4 Å². The maximum absolute atomic E-state index is 15.0. The van der Waals surface area contributed by atoms with Gasteiger partial charge in [-0.2, -0.15) is 5.10 Å². The van der Waals surface area contributed by atoms with Crippen LogP contribution in [-0.2, 0) is 16.8 Å². The summed E-state index contributed by atoms with van der Waals surface area (Å²) in [6, 6.07) is 3.33. The van der Waals surface area contributed by atoms with Crippen LogP contribution in [0.25, 0.3) is 0 Å². The lowest BCUT2D eigenvalue weighted by molar-refractivity contribution is -0.0465. The van der Waals surface area contributed by atoms with Gasteiger partial charge in [-0.1, -0.05) is 11.8 Å². The number of urea groups is 1. The summed E-state index contributed by atoms with van der Waals surface area (Å²) in [6.45, 7) is 2.57. The topological polar surface area (TPSA) is 68.2 Å². The molecule has 6 nitrogen and oxygen atoms in total. The minimum Gasteiger partial charge on any atom is -0.375 e. The van der Waals surface area contributed by atoms with Crippen LogP contribution in [0, 0.1) is 23.6 Å². The van der Waals surface area contributed by atoms with E-state index in [0.717, 1.165) is 18.9 Å². The number of carbonyl (C=O) groups is 1. The molecule has 2 N–H and O–H groups in total. The van der Waals surface area contributed by atoms with E-state index in [-0.39, 0.29) is 35.4 Å². The fourth-order valence-electron chi connectivity index (χ4n) is 3.51. The van der Waals surface area contributed by atoms with Crippen LogP contribution in [0.2, 0.25) is 0 Å². The van der Waals surface area contributed by atoms with Gasteiger partial charge in [0.1, 0.15) is 5.82 Å². The van der Waals surface area contributed by atoms with Crippen LogP contribution in [0.3, 0.4) is 0 Å². The molecule has 2 amide bonds. The van der Waals surface area contributed by atoms with E-state index in [1.165, 1.54) is 10.7 Å². The summed E-state index contributed by atoms with van der Waals surface area (Å²) in [5.74, 6) is 1.28. The smallest absolute Gasteiger partial charge is 0.320 e. The lowest BCUT2D eigenvalue weighted by Crippen LogP contribution is -2.59. The number of anilines is 1. The highest BCUT2D eigenvalue weighted by atomic mass is 19.3. The molecule has 0 bridgehead atoms. The molecule has 1 fully saturated rings. The fraction of sp³-hybridized carbons (Fsp3) is 0.455. The highest BCUT2D eigenvalue weighted by Gasteiger charge is 2.55. The number of hydrogen-bond donors (Lipinski definition) is 2. The van der Waals surface area contributed by atoms with E-state index in [2.05, 4.69) is 27.6 Å². The summed E-state index contributed by atoms with van der Waals surface area (Å²) in [5.41, 5.74) is -1.42. The summed E-state index contributed by atoms with van der Waals surface area (Å²) in [5, 5.41) is 9.12. The molecule has 9 heteroatoms. The molecule has 2 aliphatic rings. The summed E-state index contributed by atoms with van der Waals surface area (Å²) in [4.78, 5) is 12.3. The molecule has 4 rings (SSSR count). The maximum atomic E-state index is 15.0. The summed E-state index contributed by atoms with van der Waals surface area (Å²) >= 11 is 0. The third kappa shape index (κ3) is 4.00. The average Bonchev–Trinajstić information content (AvgIpc) is 3.42. The van der Waals surface area contributed by atoms with Crippen molar-refractivity contribution >= 4 is 11.7 Å². The van der Waals surface area contributed by atoms with E-state index >= 15 is 4.39 Å². The Hall–Kier alpha value is -2.99. The zero-order valence-corrected chi connectivity index (χ0v) is 17.4.